The highest BCUT2D eigenvalue weighted by molar-refractivity contribution is 7.92. The van der Waals surface area contributed by atoms with Crippen molar-refractivity contribution in [2.75, 3.05) is 4.72 Å². The van der Waals surface area contributed by atoms with E-state index < -0.39 is 26.2 Å². The lowest BCUT2D eigenvalue weighted by atomic mass is 10.6. The summed E-state index contributed by atoms with van der Waals surface area (Å²) < 4.78 is 28.6. The molecule has 20 heavy (non-hydrogen) atoms. The Balaban J connectivity index is 2.43. The number of sulfonamides is 1. The van der Waals surface area contributed by atoms with Crippen LogP contribution in [0.15, 0.2) is 26.9 Å². The maximum absolute atomic E-state index is 12.1. The van der Waals surface area contributed by atoms with Crippen molar-refractivity contribution in [3.05, 3.63) is 33.2 Å². The van der Waals surface area contributed by atoms with Crippen LogP contribution in [0.2, 0.25) is 0 Å². The predicted octanol–water partition coefficient (Wildman–Crippen LogP) is -1.51. The van der Waals surface area contributed by atoms with Crippen molar-refractivity contribution in [1.29, 1.82) is 0 Å². The van der Waals surface area contributed by atoms with Crippen molar-refractivity contribution in [3.8, 4) is 0 Å². The van der Waals surface area contributed by atoms with E-state index in [1.54, 1.807) is 0 Å². The zero-order chi connectivity index (χ0) is 14.9. The molecule has 2 N–H and O–H groups in total. The summed E-state index contributed by atoms with van der Waals surface area (Å²) in [6, 6.07) is 0. The molecule has 0 unspecified atom stereocenters. The van der Waals surface area contributed by atoms with E-state index in [9.17, 15) is 18.0 Å². The zero-order valence-corrected chi connectivity index (χ0v) is 11.5. The molecule has 0 radical (unpaired) electrons. The molecule has 2 aromatic heterocycles. The van der Waals surface area contributed by atoms with Crippen molar-refractivity contribution in [2.24, 2.45) is 7.05 Å². The molecule has 0 bridgehead atoms. The van der Waals surface area contributed by atoms with Crippen LogP contribution in [-0.2, 0) is 23.6 Å². The number of anilines is 1. The van der Waals surface area contributed by atoms with Gasteiger partial charge >= 0.3 is 5.69 Å². The standard InChI is InChI=1S/C9H12N6O4S/c1-3-15-5-7(11-13-15)12-20(18,19)6-4-14(2)9(17)10-8(6)16/h4-5,12H,3H2,1-2H3,(H,10,16,17). The second kappa shape index (κ2) is 4.92. The number of nitrogens with one attached hydrogen (secondary N) is 2. The van der Waals surface area contributed by atoms with Crippen LogP contribution in [0.5, 0.6) is 0 Å². The first-order chi connectivity index (χ1) is 9.33. The summed E-state index contributed by atoms with van der Waals surface area (Å²) in [5.74, 6) is -0.0138. The van der Waals surface area contributed by atoms with Crippen LogP contribution in [0, 0.1) is 0 Å². The molecule has 0 fully saturated rings. The van der Waals surface area contributed by atoms with Crippen LogP contribution in [0.25, 0.3) is 0 Å². The average molecular weight is 300 g/mol. The number of aryl methyl sites for hydroxylation is 2. The summed E-state index contributed by atoms with van der Waals surface area (Å²) in [6.07, 6.45) is 2.32. The Morgan fingerprint density at radius 1 is 1.35 bits per heavy atom. The Labute approximate surface area is 113 Å². The minimum atomic E-state index is -4.15. The van der Waals surface area contributed by atoms with Gasteiger partial charge in [0.1, 0.15) is 0 Å². The van der Waals surface area contributed by atoms with Gasteiger partial charge in [-0.3, -0.25) is 19.2 Å². The lowest BCUT2D eigenvalue weighted by Gasteiger charge is -2.05. The van der Waals surface area contributed by atoms with E-state index >= 15 is 0 Å². The van der Waals surface area contributed by atoms with Gasteiger partial charge in [0.05, 0.1) is 6.20 Å². The van der Waals surface area contributed by atoms with Crippen molar-refractivity contribution < 1.29 is 8.42 Å². The van der Waals surface area contributed by atoms with E-state index in [-0.39, 0.29) is 5.82 Å². The smallest absolute Gasteiger partial charge is 0.302 e. The number of nitrogens with zero attached hydrogens (tertiary/aromatic N) is 4. The number of aromatic nitrogens is 5. The van der Waals surface area contributed by atoms with Gasteiger partial charge < -0.3 is 4.57 Å². The minimum absolute atomic E-state index is 0.0138. The monoisotopic (exact) mass is 300 g/mol. The molecular formula is C9H12N6O4S. The Morgan fingerprint density at radius 3 is 2.65 bits per heavy atom. The van der Waals surface area contributed by atoms with Crippen LogP contribution in [0.1, 0.15) is 6.92 Å². The van der Waals surface area contributed by atoms with Gasteiger partial charge in [-0.25, -0.2) is 13.2 Å². The fourth-order valence-corrected chi connectivity index (χ4v) is 2.49. The fraction of sp³-hybridized carbons (Fsp3) is 0.333. The number of rotatable bonds is 4. The molecule has 0 saturated heterocycles. The molecule has 0 aromatic carbocycles. The Hall–Kier alpha value is -2.43. The van der Waals surface area contributed by atoms with Crippen molar-refractivity contribution in [2.45, 2.75) is 18.4 Å². The number of hydrogen-bond donors (Lipinski definition) is 2. The van der Waals surface area contributed by atoms with E-state index in [2.05, 4.69) is 15.0 Å². The first kappa shape index (κ1) is 14.0. The molecule has 2 rings (SSSR count). The quantitative estimate of drug-likeness (QED) is 0.705. The number of aromatic amines is 1. The summed E-state index contributed by atoms with van der Waals surface area (Å²) in [5.41, 5.74) is -1.70. The maximum atomic E-state index is 12.1. The minimum Gasteiger partial charge on any atom is -0.302 e. The Bertz CT molecular complexity index is 846. The third-order valence-electron chi connectivity index (χ3n) is 2.47. The highest BCUT2D eigenvalue weighted by atomic mass is 32.2. The van der Waals surface area contributed by atoms with E-state index in [1.807, 2.05) is 11.9 Å². The Kier molecular flexibility index (Phi) is 3.44. The normalized spacial score (nSPS) is 11.5. The van der Waals surface area contributed by atoms with Gasteiger partial charge in [0, 0.05) is 19.8 Å². The van der Waals surface area contributed by atoms with Gasteiger partial charge in [0.2, 0.25) is 0 Å². The average Bonchev–Trinajstić information content (AvgIpc) is 2.80. The maximum Gasteiger partial charge on any atom is 0.328 e. The van der Waals surface area contributed by atoms with E-state index in [4.69, 9.17) is 0 Å². The second-order valence-electron chi connectivity index (χ2n) is 3.93. The van der Waals surface area contributed by atoms with Gasteiger partial charge in [0.15, 0.2) is 10.7 Å². The van der Waals surface area contributed by atoms with Crippen molar-refractivity contribution >= 4 is 15.8 Å². The van der Waals surface area contributed by atoms with E-state index in [1.165, 1.54) is 17.9 Å². The third kappa shape index (κ3) is 2.61. The van der Waals surface area contributed by atoms with Gasteiger partial charge in [-0.1, -0.05) is 5.21 Å². The largest absolute Gasteiger partial charge is 0.328 e. The molecule has 0 spiro atoms. The van der Waals surface area contributed by atoms with Crippen molar-refractivity contribution in [3.63, 3.8) is 0 Å². The predicted molar refractivity (Wildman–Crippen MR) is 68.8 cm³/mol. The summed E-state index contributed by atoms with van der Waals surface area (Å²) in [7, 11) is -2.82. The van der Waals surface area contributed by atoms with Crippen LogP contribution >= 0.6 is 0 Å². The zero-order valence-electron chi connectivity index (χ0n) is 10.7. The number of hydrogen-bond acceptors (Lipinski definition) is 6. The van der Waals surface area contributed by atoms with E-state index in [0.29, 0.717) is 6.54 Å². The van der Waals surface area contributed by atoms with Gasteiger partial charge in [-0.2, -0.15) is 0 Å². The molecule has 0 saturated carbocycles. The van der Waals surface area contributed by atoms with Crippen molar-refractivity contribution in [1.82, 2.24) is 24.5 Å². The number of H-pyrrole nitrogens is 1. The molecule has 0 aliphatic rings. The highest BCUT2D eigenvalue weighted by Crippen LogP contribution is 2.08. The van der Waals surface area contributed by atoms with Crippen LogP contribution in [-0.4, -0.2) is 33.0 Å². The third-order valence-corrected chi connectivity index (χ3v) is 3.81. The van der Waals surface area contributed by atoms with E-state index in [0.717, 1.165) is 10.8 Å². The lowest BCUT2D eigenvalue weighted by molar-refractivity contribution is 0.596. The molecule has 108 valence electrons. The molecule has 0 aliphatic carbocycles. The Morgan fingerprint density at radius 2 is 2.05 bits per heavy atom. The summed E-state index contributed by atoms with van der Waals surface area (Å²) in [5, 5.41) is 7.27. The molecule has 0 amide bonds. The molecule has 0 aliphatic heterocycles. The first-order valence-corrected chi connectivity index (χ1v) is 7.04. The van der Waals surface area contributed by atoms with Crippen LogP contribution in [0.4, 0.5) is 5.82 Å². The molecule has 10 nitrogen and oxygen atoms in total. The van der Waals surface area contributed by atoms with Crippen LogP contribution < -0.4 is 16.0 Å². The van der Waals surface area contributed by atoms with Gasteiger partial charge in [0.25, 0.3) is 15.6 Å². The second-order valence-corrected chi connectivity index (χ2v) is 5.58. The fourth-order valence-electron chi connectivity index (χ4n) is 1.42. The highest BCUT2D eigenvalue weighted by Gasteiger charge is 2.21. The molecule has 2 heterocycles. The summed E-state index contributed by atoms with van der Waals surface area (Å²) in [6.45, 7) is 2.33. The molecule has 11 heteroatoms. The topological polar surface area (TPSA) is 132 Å². The molecular weight excluding hydrogens is 288 g/mol. The SMILES string of the molecule is CCn1cc(NS(=O)(=O)c2cn(C)c(=O)[nH]c2=O)nn1. The first-order valence-electron chi connectivity index (χ1n) is 5.56. The van der Waals surface area contributed by atoms with Gasteiger partial charge in [-0.05, 0) is 6.92 Å². The van der Waals surface area contributed by atoms with Crippen LogP contribution in [0.3, 0.4) is 0 Å². The lowest BCUT2D eigenvalue weighted by Crippen LogP contribution is -2.33. The summed E-state index contributed by atoms with van der Waals surface area (Å²) in [4.78, 5) is 24.1. The molecule has 2 aromatic rings. The molecule has 0 atom stereocenters. The van der Waals surface area contributed by atoms with Gasteiger partial charge in [-0.15, -0.1) is 5.10 Å². The summed E-state index contributed by atoms with van der Waals surface area (Å²) >= 11 is 0.